The number of guanidine groups is 1. The first-order valence-corrected chi connectivity index (χ1v) is 8.76. The molecule has 1 saturated heterocycles. The van der Waals surface area contributed by atoms with Crippen LogP contribution in [0.25, 0.3) is 0 Å². The summed E-state index contributed by atoms with van der Waals surface area (Å²) in [5.41, 5.74) is -0.511. The first-order valence-electron chi connectivity index (χ1n) is 8.76. The van der Waals surface area contributed by atoms with Crippen molar-refractivity contribution >= 4 is 18.0 Å². The number of carbonyl (C=O) groups excluding carboxylic acids is 2. The molecular weight excluding hydrogens is 324 g/mol. The van der Waals surface area contributed by atoms with Crippen molar-refractivity contribution in [1.82, 2.24) is 15.5 Å². The SMILES string of the molecule is CCNC(=NCC(C)C(=O)OC)N1CCC(NC(=O)OC(C)(C)C)C1. The van der Waals surface area contributed by atoms with Gasteiger partial charge in [0.15, 0.2) is 5.96 Å². The maximum atomic E-state index is 11.9. The molecule has 1 amide bonds. The van der Waals surface area contributed by atoms with Crippen LogP contribution in [-0.2, 0) is 14.3 Å². The van der Waals surface area contributed by atoms with Crippen LogP contribution in [0.1, 0.15) is 41.0 Å². The number of likely N-dealkylation sites (tertiary alicyclic amines) is 1. The first-order chi connectivity index (χ1) is 11.7. The second-order valence-corrected chi connectivity index (χ2v) is 7.20. The molecular formula is C17H32N4O4. The number of ether oxygens (including phenoxy) is 2. The summed E-state index contributed by atoms with van der Waals surface area (Å²) in [6, 6.07) is 0.0109. The van der Waals surface area contributed by atoms with Crippen molar-refractivity contribution in [2.24, 2.45) is 10.9 Å². The van der Waals surface area contributed by atoms with Crippen molar-refractivity contribution in [3.05, 3.63) is 0 Å². The van der Waals surface area contributed by atoms with Crippen LogP contribution in [0.3, 0.4) is 0 Å². The van der Waals surface area contributed by atoms with Crippen molar-refractivity contribution in [2.75, 3.05) is 33.3 Å². The summed E-state index contributed by atoms with van der Waals surface area (Å²) in [7, 11) is 1.38. The number of aliphatic imine (C=N–C) groups is 1. The molecule has 0 spiro atoms. The minimum Gasteiger partial charge on any atom is -0.469 e. The summed E-state index contributed by atoms with van der Waals surface area (Å²) in [5.74, 6) is 0.175. The summed E-state index contributed by atoms with van der Waals surface area (Å²) < 4.78 is 10.0. The zero-order valence-electron chi connectivity index (χ0n) is 16.2. The van der Waals surface area contributed by atoms with E-state index in [1.807, 2.05) is 27.7 Å². The number of carbonyl (C=O) groups is 2. The number of amides is 1. The van der Waals surface area contributed by atoms with Crippen LogP contribution in [0.2, 0.25) is 0 Å². The highest BCUT2D eigenvalue weighted by molar-refractivity contribution is 5.81. The first kappa shape index (κ1) is 21.1. The molecule has 2 atom stereocenters. The van der Waals surface area contributed by atoms with Crippen molar-refractivity contribution in [3.63, 3.8) is 0 Å². The molecule has 144 valence electrons. The predicted octanol–water partition coefficient (Wildman–Crippen LogP) is 1.36. The Kier molecular flexibility index (Phi) is 7.99. The number of nitrogens with zero attached hydrogens (tertiary/aromatic N) is 2. The van der Waals surface area contributed by atoms with Crippen LogP contribution in [-0.4, -0.2) is 67.9 Å². The highest BCUT2D eigenvalue weighted by atomic mass is 16.6. The molecule has 1 rings (SSSR count). The van der Waals surface area contributed by atoms with Crippen molar-refractivity contribution in [1.29, 1.82) is 0 Å². The Balaban J connectivity index is 2.59. The van der Waals surface area contributed by atoms with E-state index in [9.17, 15) is 9.59 Å². The molecule has 1 fully saturated rings. The Morgan fingerprint density at radius 3 is 2.60 bits per heavy atom. The van der Waals surface area contributed by atoms with E-state index in [4.69, 9.17) is 9.47 Å². The average Bonchev–Trinajstić information content (AvgIpc) is 2.96. The molecule has 2 unspecified atom stereocenters. The number of nitrogens with one attached hydrogen (secondary N) is 2. The van der Waals surface area contributed by atoms with E-state index in [0.29, 0.717) is 13.1 Å². The third-order valence-corrected chi connectivity index (χ3v) is 3.66. The lowest BCUT2D eigenvalue weighted by Gasteiger charge is -2.23. The fraction of sp³-hybridized carbons (Fsp3) is 0.824. The van der Waals surface area contributed by atoms with Gasteiger partial charge in [-0.1, -0.05) is 6.92 Å². The molecule has 8 heteroatoms. The van der Waals surface area contributed by atoms with Gasteiger partial charge in [-0.05, 0) is 34.1 Å². The number of rotatable bonds is 5. The van der Waals surface area contributed by atoms with Gasteiger partial charge >= 0.3 is 12.1 Å². The summed E-state index contributed by atoms with van der Waals surface area (Å²) in [4.78, 5) is 30.0. The number of methoxy groups -OCH3 is 1. The molecule has 8 nitrogen and oxygen atoms in total. The van der Waals surface area contributed by atoms with Crippen LogP contribution in [0.5, 0.6) is 0 Å². The molecule has 0 aromatic carbocycles. The van der Waals surface area contributed by atoms with E-state index in [1.165, 1.54) is 7.11 Å². The van der Waals surface area contributed by atoms with Gasteiger partial charge in [0.25, 0.3) is 0 Å². The third-order valence-electron chi connectivity index (χ3n) is 3.66. The highest BCUT2D eigenvalue weighted by Crippen LogP contribution is 2.12. The normalized spacial score (nSPS) is 19.4. The van der Waals surface area contributed by atoms with Gasteiger partial charge in [0.2, 0.25) is 0 Å². The zero-order chi connectivity index (χ0) is 19.0. The molecule has 0 aromatic heterocycles. The van der Waals surface area contributed by atoms with Crippen LogP contribution in [0, 0.1) is 5.92 Å². The number of hydrogen-bond acceptors (Lipinski definition) is 5. The molecule has 25 heavy (non-hydrogen) atoms. The van der Waals surface area contributed by atoms with E-state index in [1.54, 1.807) is 6.92 Å². The van der Waals surface area contributed by atoms with Crippen molar-refractivity contribution in [2.45, 2.75) is 52.7 Å². The van der Waals surface area contributed by atoms with E-state index in [2.05, 4.69) is 20.5 Å². The second-order valence-electron chi connectivity index (χ2n) is 7.20. The van der Waals surface area contributed by atoms with Gasteiger partial charge in [-0.2, -0.15) is 0 Å². The third kappa shape index (κ3) is 7.62. The van der Waals surface area contributed by atoms with Gasteiger partial charge in [-0.3, -0.25) is 9.79 Å². The summed E-state index contributed by atoms with van der Waals surface area (Å²) >= 11 is 0. The fourth-order valence-electron chi connectivity index (χ4n) is 2.47. The maximum Gasteiger partial charge on any atom is 0.407 e. The topological polar surface area (TPSA) is 92.3 Å². The van der Waals surface area contributed by atoms with Crippen LogP contribution >= 0.6 is 0 Å². The lowest BCUT2D eigenvalue weighted by atomic mass is 10.2. The molecule has 0 aliphatic carbocycles. The second kappa shape index (κ2) is 9.48. The molecule has 1 heterocycles. The monoisotopic (exact) mass is 356 g/mol. The molecule has 1 aliphatic heterocycles. The molecule has 1 aliphatic rings. The van der Waals surface area contributed by atoms with E-state index in [-0.39, 0.29) is 17.9 Å². The standard InChI is InChI=1S/C17H32N4O4/c1-7-18-15(19-10-12(2)14(22)24-6)21-9-8-13(11-21)20-16(23)25-17(3,4)5/h12-13H,7-11H2,1-6H3,(H,18,19)(H,20,23). The largest absolute Gasteiger partial charge is 0.469 e. The Morgan fingerprint density at radius 2 is 2.04 bits per heavy atom. The van der Waals surface area contributed by atoms with Gasteiger partial charge in [-0.25, -0.2) is 4.79 Å². The Labute approximate surface area is 150 Å². The van der Waals surface area contributed by atoms with Gasteiger partial charge in [0.1, 0.15) is 5.60 Å². The quantitative estimate of drug-likeness (QED) is 0.439. The molecule has 2 N–H and O–H groups in total. The Bertz CT molecular complexity index is 488. The predicted molar refractivity (Wildman–Crippen MR) is 96.5 cm³/mol. The van der Waals surface area contributed by atoms with Gasteiger partial charge < -0.3 is 25.0 Å². The van der Waals surface area contributed by atoms with Crippen molar-refractivity contribution in [3.8, 4) is 0 Å². The molecule has 0 bridgehead atoms. The maximum absolute atomic E-state index is 11.9. The molecule has 0 aromatic rings. The zero-order valence-corrected chi connectivity index (χ0v) is 16.2. The van der Waals surface area contributed by atoms with E-state index >= 15 is 0 Å². The Morgan fingerprint density at radius 1 is 1.36 bits per heavy atom. The summed E-state index contributed by atoms with van der Waals surface area (Å²) in [6.07, 6.45) is 0.413. The molecule has 0 radical (unpaired) electrons. The van der Waals surface area contributed by atoms with Crippen molar-refractivity contribution < 1.29 is 19.1 Å². The van der Waals surface area contributed by atoms with Gasteiger partial charge in [0, 0.05) is 19.6 Å². The fourth-order valence-corrected chi connectivity index (χ4v) is 2.47. The summed E-state index contributed by atoms with van der Waals surface area (Å²) in [6.45, 7) is 11.8. The van der Waals surface area contributed by atoms with Gasteiger partial charge in [0.05, 0.1) is 25.6 Å². The lowest BCUT2D eigenvalue weighted by molar-refractivity contribution is -0.144. The Hall–Kier alpha value is -1.99. The van der Waals surface area contributed by atoms with E-state index in [0.717, 1.165) is 25.5 Å². The lowest BCUT2D eigenvalue weighted by Crippen LogP contribution is -2.44. The number of hydrogen-bond donors (Lipinski definition) is 2. The van der Waals surface area contributed by atoms with Crippen LogP contribution in [0.4, 0.5) is 4.79 Å². The smallest absolute Gasteiger partial charge is 0.407 e. The van der Waals surface area contributed by atoms with Crippen LogP contribution in [0.15, 0.2) is 4.99 Å². The number of esters is 1. The van der Waals surface area contributed by atoms with Crippen LogP contribution < -0.4 is 10.6 Å². The summed E-state index contributed by atoms with van der Waals surface area (Å²) in [5, 5.41) is 6.12. The molecule has 0 saturated carbocycles. The minimum absolute atomic E-state index is 0.0109. The van der Waals surface area contributed by atoms with E-state index < -0.39 is 11.7 Å². The average molecular weight is 356 g/mol. The number of alkyl carbamates (subject to hydrolysis) is 1. The minimum atomic E-state index is -0.511. The highest BCUT2D eigenvalue weighted by Gasteiger charge is 2.28. The van der Waals surface area contributed by atoms with Gasteiger partial charge in [-0.15, -0.1) is 0 Å².